The van der Waals surface area contributed by atoms with Gasteiger partial charge in [-0.05, 0) is 43.5 Å². The zero-order chi connectivity index (χ0) is 30.1. The molecule has 10 nitrogen and oxygen atoms in total. The Kier molecular flexibility index (Phi) is 10.6. The van der Waals surface area contributed by atoms with Gasteiger partial charge in [0.2, 0.25) is 5.91 Å². The molecular weight excluding hydrogens is 554 g/mol. The lowest BCUT2D eigenvalue weighted by Crippen LogP contribution is -2.46. The van der Waals surface area contributed by atoms with Crippen molar-refractivity contribution < 1.29 is 55.7 Å². The predicted octanol–water partition coefficient (Wildman–Crippen LogP) is 3.40. The molecule has 16 heteroatoms. The highest BCUT2D eigenvalue weighted by molar-refractivity contribution is 5.94. The second-order valence-corrected chi connectivity index (χ2v) is 8.71. The Morgan fingerprint density at radius 1 is 0.825 bits per heavy atom. The van der Waals surface area contributed by atoms with Gasteiger partial charge in [-0.3, -0.25) is 19.6 Å². The van der Waals surface area contributed by atoms with E-state index in [-0.39, 0.29) is 17.2 Å². The number of pyridine rings is 2. The minimum Gasteiger partial charge on any atom is -0.475 e. The van der Waals surface area contributed by atoms with Crippen LogP contribution in [0.5, 0.6) is 0 Å². The maximum atomic E-state index is 13.0. The van der Waals surface area contributed by atoms with E-state index in [9.17, 15) is 35.9 Å². The van der Waals surface area contributed by atoms with Crippen molar-refractivity contribution in [3.8, 4) is 0 Å². The first-order valence-electron chi connectivity index (χ1n) is 11.6. The standard InChI is InChI=1S/C20H22N4O2.2C2HF3O2/c25-18(16-4-10-21-11-5-16)23-12-6-20(7-13-23)8-14-24(19(20)26)15-17-3-1-2-9-22-17;2*3-2(4,5)1(6)7/h1-5,9-11H,6-8,12-15H2;2*(H,6,7). The first-order valence-corrected chi connectivity index (χ1v) is 11.6. The van der Waals surface area contributed by atoms with Gasteiger partial charge >= 0.3 is 24.3 Å². The average Bonchev–Trinajstić information content (AvgIpc) is 3.19. The average molecular weight is 578 g/mol. The molecule has 2 aromatic rings. The second-order valence-electron chi connectivity index (χ2n) is 8.71. The van der Waals surface area contributed by atoms with Crippen molar-refractivity contribution in [3.63, 3.8) is 0 Å². The summed E-state index contributed by atoms with van der Waals surface area (Å²) in [5.74, 6) is -5.27. The molecule has 0 aliphatic carbocycles. The van der Waals surface area contributed by atoms with Crippen LogP contribution in [0.2, 0.25) is 0 Å². The number of aliphatic carboxylic acids is 2. The highest BCUT2D eigenvalue weighted by Gasteiger charge is 2.48. The van der Waals surface area contributed by atoms with Crippen molar-refractivity contribution in [1.29, 1.82) is 0 Å². The van der Waals surface area contributed by atoms with Gasteiger partial charge in [-0.2, -0.15) is 26.3 Å². The molecule has 218 valence electrons. The molecule has 0 bridgehead atoms. The van der Waals surface area contributed by atoms with E-state index in [1.165, 1.54) is 0 Å². The summed E-state index contributed by atoms with van der Waals surface area (Å²) < 4.78 is 63.5. The number of alkyl halides is 6. The van der Waals surface area contributed by atoms with Crippen LogP contribution >= 0.6 is 0 Å². The van der Waals surface area contributed by atoms with E-state index < -0.39 is 24.3 Å². The minimum atomic E-state index is -5.08. The topological polar surface area (TPSA) is 141 Å². The van der Waals surface area contributed by atoms with Crippen LogP contribution in [0.25, 0.3) is 0 Å². The third kappa shape index (κ3) is 8.91. The maximum absolute atomic E-state index is 13.0. The molecule has 4 rings (SSSR count). The monoisotopic (exact) mass is 578 g/mol. The van der Waals surface area contributed by atoms with Gasteiger partial charge in [-0.15, -0.1) is 0 Å². The Morgan fingerprint density at radius 2 is 1.32 bits per heavy atom. The summed E-state index contributed by atoms with van der Waals surface area (Å²) in [5.41, 5.74) is 1.28. The summed E-state index contributed by atoms with van der Waals surface area (Å²) in [6, 6.07) is 9.26. The van der Waals surface area contributed by atoms with E-state index in [0.717, 1.165) is 31.5 Å². The van der Waals surface area contributed by atoms with Gasteiger partial charge < -0.3 is 20.0 Å². The fourth-order valence-corrected chi connectivity index (χ4v) is 4.01. The van der Waals surface area contributed by atoms with Crippen molar-refractivity contribution >= 4 is 23.8 Å². The number of hydrogen-bond donors (Lipinski definition) is 2. The molecule has 0 atom stereocenters. The summed E-state index contributed by atoms with van der Waals surface area (Å²) in [7, 11) is 0. The van der Waals surface area contributed by atoms with E-state index >= 15 is 0 Å². The molecule has 40 heavy (non-hydrogen) atoms. The molecule has 0 radical (unpaired) electrons. The molecule has 1 spiro atoms. The molecule has 0 saturated carbocycles. The Labute approximate surface area is 223 Å². The van der Waals surface area contributed by atoms with Crippen molar-refractivity contribution in [1.82, 2.24) is 19.8 Å². The van der Waals surface area contributed by atoms with Crippen LogP contribution in [0, 0.1) is 5.41 Å². The normalized spacial score (nSPS) is 16.4. The molecule has 4 heterocycles. The molecule has 2 saturated heterocycles. The number of carboxylic acids is 2. The molecule has 2 aliphatic rings. The number of rotatable bonds is 3. The number of carboxylic acid groups (broad SMARTS) is 2. The Bertz CT molecular complexity index is 1150. The highest BCUT2D eigenvalue weighted by atomic mass is 19.4. The van der Waals surface area contributed by atoms with Crippen molar-refractivity contribution in [3.05, 3.63) is 60.2 Å². The number of piperidine rings is 1. The van der Waals surface area contributed by atoms with Crippen LogP contribution in [0.15, 0.2) is 48.9 Å². The zero-order valence-electron chi connectivity index (χ0n) is 20.7. The van der Waals surface area contributed by atoms with E-state index in [2.05, 4.69) is 9.97 Å². The Morgan fingerprint density at radius 3 is 1.77 bits per heavy atom. The first-order chi connectivity index (χ1) is 18.6. The summed E-state index contributed by atoms with van der Waals surface area (Å²) in [6.45, 7) is 2.60. The fourth-order valence-electron chi connectivity index (χ4n) is 4.01. The van der Waals surface area contributed by atoms with Crippen LogP contribution < -0.4 is 0 Å². The summed E-state index contributed by atoms with van der Waals surface area (Å²) in [4.78, 5) is 55.5. The number of carbonyl (C=O) groups excluding carboxylic acids is 2. The molecular formula is C24H24F6N4O6. The summed E-state index contributed by atoms with van der Waals surface area (Å²) in [6.07, 6.45) is -2.79. The second kappa shape index (κ2) is 13.2. The van der Waals surface area contributed by atoms with E-state index in [0.29, 0.717) is 25.2 Å². The van der Waals surface area contributed by atoms with Crippen LogP contribution in [0.3, 0.4) is 0 Å². The van der Waals surface area contributed by atoms with Gasteiger partial charge in [-0.25, -0.2) is 9.59 Å². The Balaban J connectivity index is 0.000000333. The van der Waals surface area contributed by atoms with Gasteiger partial charge in [0.15, 0.2) is 0 Å². The number of aromatic nitrogens is 2. The third-order valence-electron chi connectivity index (χ3n) is 6.10. The van der Waals surface area contributed by atoms with Gasteiger partial charge in [0, 0.05) is 43.8 Å². The van der Waals surface area contributed by atoms with Crippen LogP contribution in [-0.4, -0.2) is 85.7 Å². The van der Waals surface area contributed by atoms with Gasteiger partial charge in [-0.1, -0.05) is 6.07 Å². The molecule has 2 aliphatic heterocycles. The van der Waals surface area contributed by atoms with E-state index in [1.807, 2.05) is 28.0 Å². The number of halogens is 6. The molecule has 0 aromatic carbocycles. The lowest BCUT2D eigenvalue weighted by atomic mass is 9.77. The molecule has 2 fully saturated rings. The smallest absolute Gasteiger partial charge is 0.475 e. The maximum Gasteiger partial charge on any atom is 0.490 e. The van der Waals surface area contributed by atoms with Gasteiger partial charge in [0.05, 0.1) is 17.7 Å². The highest BCUT2D eigenvalue weighted by Crippen LogP contribution is 2.42. The first kappa shape index (κ1) is 32.0. The quantitative estimate of drug-likeness (QED) is 0.528. The van der Waals surface area contributed by atoms with Crippen LogP contribution in [0.1, 0.15) is 35.3 Å². The lowest BCUT2D eigenvalue weighted by molar-refractivity contribution is -0.193. The van der Waals surface area contributed by atoms with Crippen molar-refractivity contribution in [2.45, 2.75) is 38.2 Å². The van der Waals surface area contributed by atoms with E-state index in [1.54, 1.807) is 30.7 Å². The lowest BCUT2D eigenvalue weighted by Gasteiger charge is -2.38. The zero-order valence-corrected chi connectivity index (χ0v) is 20.7. The summed E-state index contributed by atoms with van der Waals surface area (Å²) in [5, 5.41) is 14.2. The van der Waals surface area contributed by atoms with Crippen LogP contribution in [0.4, 0.5) is 26.3 Å². The SMILES string of the molecule is O=C(O)C(F)(F)F.O=C(O)C(F)(F)F.O=C(c1ccncc1)N1CCC2(CC1)CCN(Cc1ccccn1)C2=O. The molecule has 2 amide bonds. The molecule has 0 unspecified atom stereocenters. The number of hydrogen-bond acceptors (Lipinski definition) is 6. The summed E-state index contributed by atoms with van der Waals surface area (Å²) >= 11 is 0. The van der Waals surface area contributed by atoms with Gasteiger partial charge in [0.1, 0.15) is 0 Å². The van der Waals surface area contributed by atoms with E-state index in [4.69, 9.17) is 19.8 Å². The molecule has 2 N–H and O–H groups in total. The third-order valence-corrected chi connectivity index (χ3v) is 6.10. The number of amides is 2. The number of nitrogens with zero attached hydrogens (tertiary/aromatic N) is 4. The predicted molar refractivity (Wildman–Crippen MR) is 123 cm³/mol. The minimum absolute atomic E-state index is 0.0260. The molecule has 2 aromatic heterocycles. The van der Waals surface area contributed by atoms with Crippen molar-refractivity contribution in [2.24, 2.45) is 5.41 Å². The number of carbonyl (C=O) groups is 4. The van der Waals surface area contributed by atoms with Crippen molar-refractivity contribution in [2.75, 3.05) is 19.6 Å². The largest absolute Gasteiger partial charge is 0.490 e. The number of likely N-dealkylation sites (tertiary alicyclic amines) is 2. The van der Waals surface area contributed by atoms with Gasteiger partial charge in [0.25, 0.3) is 5.91 Å². The van der Waals surface area contributed by atoms with Crippen LogP contribution in [-0.2, 0) is 20.9 Å². The Hall–Kier alpha value is -4.24. The fraction of sp³-hybridized carbons (Fsp3) is 0.417.